The summed E-state index contributed by atoms with van der Waals surface area (Å²) in [6.07, 6.45) is 1.51. The van der Waals surface area contributed by atoms with Gasteiger partial charge in [0.2, 0.25) is 0 Å². The van der Waals surface area contributed by atoms with E-state index in [1.165, 1.54) is 17.7 Å². The third kappa shape index (κ3) is 3.07. The minimum absolute atomic E-state index is 0.0122. The van der Waals surface area contributed by atoms with Gasteiger partial charge in [0, 0.05) is 49.9 Å². The van der Waals surface area contributed by atoms with Crippen molar-refractivity contribution in [2.24, 2.45) is 0 Å². The van der Waals surface area contributed by atoms with Gasteiger partial charge in [0.25, 0.3) is 11.7 Å². The molecule has 0 spiro atoms. The second-order valence-corrected chi connectivity index (χ2v) is 6.93. The maximum absolute atomic E-state index is 12.7. The molecule has 3 aromatic heterocycles. The van der Waals surface area contributed by atoms with E-state index in [1.54, 1.807) is 4.52 Å². The maximum Gasteiger partial charge on any atom is 0.273 e. The average molecular weight is 372 g/mol. The predicted molar refractivity (Wildman–Crippen MR) is 99.9 cm³/mol. The van der Waals surface area contributed by atoms with Crippen molar-refractivity contribution in [3.05, 3.63) is 29.2 Å². The molecule has 1 aliphatic heterocycles. The number of hydrogen-bond donors (Lipinski definition) is 1. The van der Waals surface area contributed by atoms with Gasteiger partial charge in [-0.25, -0.2) is 9.97 Å². The van der Waals surface area contributed by atoms with Crippen molar-refractivity contribution in [3.63, 3.8) is 0 Å². The highest BCUT2D eigenvalue weighted by atomic mass is 32.1. The SMILES string of the molecule is CCNc1nc(C(=O)N2CCN(c3cc(C)nc4ncnn34)CC2)cs1. The summed E-state index contributed by atoms with van der Waals surface area (Å²) in [5.41, 5.74) is 1.41. The zero-order valence-electron chi connectivity index (χ0n) is 14.7. The minimum Gasteiger partial charge on any atom is -0.362 e. The van der Waals surface area contributed by atoms with E-state index in [9.17, 15) is 4.79 Å². The van der Waals surface area contributed by atoms with E-state index >= 15 is 0 Å². The normalized spacial score (nSPS) is 14.8. The van der Waals surface area contributed by atoms with E-state index in [4.69, 9.17) is 0 Å². The lowest BCUT2D eigenvalue weighted by atomic mass is 10.2. The van der Waals surface area contributed by atoms with Gasteiger partial charge in [-0.2, -0.15) is 14.6 Å². The molecule has 3 aromatic rings. The van der Waals surface area contributed by atoms with Crippen LogP contribution in [0.5, 0.6) is 0 Å². The Hall–Kier alpha value is -2.75. The first kappa shape index (κ1) is 16.7. The quantitative estimate of drug-likeness (QED) is 0.738. The number of rotatable bonds is 4. The highest BCUT2D eigenvalue weighted by molar-refractivity contribution is 7.13. The van der Waals surface area contributed by atoms with Crippen molar-refractivity contribution in [1.29, 1.82) is 0 Å². The Morgan fingerprint density at radius 1 is 1.27 bits per heavy atom. The van der Waals surface area contributed by atoms with Crippen LogP contribution in [0, 0.1) is 6.92 Å². The fraction of sp³-hybridized carbons (Fsp3) is 0.438. The third-order valence-electron chi connectivity index (χ3n) is 4.30. The first-order chi connectivity index (χ1) is 12.7. The summed E-state index contributed by atoms with van der Waals surface area (Å²) in [6.45, 7) is 7.50. The average Bonchev–Trinajstić information content (AvgIpc) is 3.30. The molecule has 0 saturated carbocycles. The van der Waals surface area contributed by atoms with Crippen LogP contribution in [-0.4, -0.2) is 68.1 Å². The highest BCUT2D eigenvalue weighted by Crippen LogP contribution is 2.20. The summed E-state index contributed by atoms with van der Waals surface area (Å²) < 4.78 is 1.74. The molecule has 4 heterocycles. The van der Waals surface area contributed by atoms with Gasteiger partial charge >= 0.3 is 0 Å². The molecule has 0 aliphatic carbocycles. The minimum atomic E-state index is -0.0122. The van der Waals surface area contributed by atoms with Gasteiger partial charge in [0.1, 0.15) is 17.8 Å². The van der Waals surface area contributed by atoms with E-state index in [2.05, 4.69) is 30.3 Å². The number of aromatic nitrogens is 5. The summed E-state index contributed by atoms with van der Waals surface area (Å²) in [7, 11) is 0. The number of amides is 1. The van der Waals surface area contributed by atoms with Crippen molar-refractivity contribution < 1.29 is 4.79 Å². The van der Waals surface area contributed by atoms with E-state index in [0.717, 1.165) is 36.3 Å². The standard InChI is InChI=1S/C16H20N8OS/c1-3-17-16-21-12(9-26-16)14(25)23-6-4-22(5-7-23)13-8-11(2)20-15-18-10-19-24(13)15/h8-10H,3-7H2,1-2H3,(H,17,21). The molecule has 9 nitrogen and oxygen atoms in total. The zero-order valence-corrected chi connectivity index (χ0v) is 15.5. The number of hydrogen-bond acceptors (Lipinski definition) is 8. The summed E-state index contributed by atoms with van der Waals surface area (Å²) in [5.74, 6) is 1.54. The Morgan fingerprint density at radius 3 is 2.85 bits per heavy atom. The second kappa shape index (κ2) is 6.87. The van der Waals surface area contributed by atoms with E-state index in [0.29, 0.717) is 24.6 Å². The van der Waals surface area contributed by atoms with Gasteiger partial charge in [-0.05, 0) is 13.8 Å². The number of aryl methyl sites for hydroxylation is 1. The van der Waals surface area contributed by atoms with Gasteiger partial charge in [-0.15, -0.1) is 11.3 Å². The smallest absolute Gasteiger partial charge is 0.273 e. The van der Waals surface area contributed by atoms with Crippen LogP contribution in [0.15, 0.2) is 17.8 Å². The van der Waals surface area contributed by atoms with E-state index in [-0.39, 0.29) is 5.91 Å². The van der Waals surface area contributed by atoms with Gasteiger partial charge in [-0.3, -0.25) is 4.79 Å². The Kier molecular flexibility index (Phi) is 4.41. The monoisotopic (exact) mass is 372 g/mol. The molecular formula is C16H20N8OS. The molecule has 4 rings (SSSR count). The van der Waals surface area contributed by atoms with Crippen molar-refractivity contribution in [2.75, 3.05) is 42.9 Å². The van der Waals surface area contributed by atoms with Crippen molar-refractivity contribution in [2.45, 2.75) is 13.8 Å². The Balaban J connectivity index is 1.46. The molecule has 0 bridgehead atoms. The number of thiazole rings is 1. The van der Waals surface area contributed by atoms with Crippen LogP contribution in [0.25, 0.3) is 5.78 Å². The number of nitrogens with zero attached hydrogens (tertiary/aromatic N) is 7. The van der Waals surface area contributed by atoms with E-state index in [1.807, 2.05) is 30.2 Å². The first-order valence-electron chi connectivity index (χ1n) is 8.56. The molecular weight excluding hydrogens is 352 g/mol. The van der Waals surface area contributed by atoms with Crippen LogP contribution in [0.2, 0.25) is 0 Å². The lowest BCUT2D eigenvalue weighted by Gasteiger charge is -2.35. The largest absolute Gasteiger partial charge is 0.362 e. The zero-order chi connectivity index (χ0) is 18.1. The van der Waals surface area contributed by atoms with Gasteiger partial charge in [0.15, 0.2) is 5.13 Å². The molecule has 136 valence electrons. The summed E-state index contributed by atoms with van der Waals surface area (Å²) in [4.78, 5) is 29.7. The van der Waals surface area contributed by atoms with Crippen LogP contribution < -0.4 is 10.2 Å². The van der Waals surface area contributed by atoms with Crippen molar-refractivity contribution in [1.82, 2.24) is 29.5 Å². The number of nitrogens with one attached hydrogen (secondary N) is 1. The molecule has 0 radical (unpaired) electrons. The Morgan fingerprint density at radius 2 is 2.08 bits per heavy atom. The number of piperazine rings is 1. The molecule has 26 heavy (non-hydrogen) atoms. The fourth-order valence-corrected chi connectivity index (χ4v) is 3.80. The third-order valence-corrected chi connectivity index (χ3v) is 5.10. The van der Waals surface area contributed by atoms with Gasteiger partial charge in [-0.1, -0.05) is 0 Å². The Bertz CT molecular complexity index is 927. The van der Waals surface area contributed by atoms with Gasteiger partial charge < -0.3 is 15.1 Å². The number of carbonyl (C=O) groups is 1. The molecule has 1 fully saturated rings. The summed E-state index contributed by atoms with van der Waals surface area (Å²) in [6, 6.07) is 2.00. The maximum atomic E-state index is 12.7. The summed E-state index contributed by atoms with van der Waals surface area (Å²) >= 11 is 1.46. The number of carbonyl (C=O) groups excluding carboxylic acids is 1. The number of fused-ring (bicyclic) bond motifs is 1. The topological polar surface area (TPSA) is 91.5 Å². The van der Waals surface area contributed by atoms with Crippen LogP contribution in [0.1, 0.15) is 23.1 Å². The highest BCUT2D eigenvalue weighted by Gasteiger charge is 2.25. The van der Waals surface area contributed by atoms with E-state index < -0.39 is 0 Å². The number of anilines is 2. The lowest BCUT2D eigenvalue weighted by molar-refractivity contribution is 0.0741. The molecule has 1 aliphatic rings. The summed E-state index contributed by atoms with van der Waals surface area (Å²) in [5, 5.41) is 10.0. The Labute approximate surface area is 154 Å². The molecule has 1 amide bonds. The molecule has 1 N–H and O–H groups in total. The van der Waals surface area contributed by atoms with Gasteiger partial charge in [0.05, 0.1) is 0 Å². The first-order valence-corrected chi connectivity index (χ1v) is 9.44. The predicted octanol–water partition coefficient (Wildman–Crippen LogP) is 1.28. The van der Waals surface area contributed by atoms with Crippen molar-refractivity contribution in [3.8, 4) is 0 Å². The molecule has 0 unspecified atom stereocenters. The van der Waals surface area contributed by atoms with Crippen LogP contribution in [-0.2, 0) is 0 Å². The van der Waals surface area contributed by atoms with Crippen LogP contribution >= 0.6 is 11.3 Å². The molecule has 1 saturated heterocycles. The van der Waals surface area contributed by atoms with Crippen molar-refractivity contribution >= 4 is 34.0 Å². The van der Waals surface area contributed by atoms with Crippen LogP contribution in [0.4, 0.5) is 10.9 Å². The molecule has 0 aromatic carbocycles. The molecule has 0 atom stereocenters. The van der Waals surface area contributed by atoms with Crippen LogP contribution in [0.3, 0.4) is 0 Å². The molecule has 10 heteroatoms. The fourth-order valence-electron chi connectivity index (χ4n) is 3.04. The lowest BCUT2D eigenvalue weighted by Crippen LogP contribution is -2.49. The second-order valence-electron chi connectivity index (χ2n) is 6.08.